The molecule has 0 unspecified atom stereocenters. The van der Waals surface area contributed by atoms with Gasteiger partial charge < -0.3 is 9.84 Å². The van der Waals surface area contributed by atoms with E-state index >= 15 is 0 Å². The molecule has 0 atom stereocenters. The van der Waals surface area contributed by atoms with Crippen molar-refractivity contribution in [3.8, 4) is 11.5 Å². The van der Waals surface area contributed by atoms with Crippen LogP contribution in [0.1, 0.15) is 5.56 Å². The Morgan fingerprint density at radius 3 is 2.53 bits per heavy atom. The number of ether oxygens (including phenoxy) is 1. The number of rotatable bonds is 3. The first-order valence-electron chi connectivity index (χ1n) is 5.02. The highest BCUT2D eigenvalue weighted by Crippen LogP contribution is 2.28. The Morgan fingerprint density at radius 2 is 1.88 bits per heavy atom. The topological polar surface area (TPSA) is 29.5 Å². The third kappa shape index (κ3) is 3.22. The number of aliphatic hydroxyl groups excluding tert-OH is 1. The molecule has 2 nitrogen and oxygen atoms in total. The summed E-state index contributed by atoms with van der Waals surface area (Å²) in [6.45, 7) is -0.0734. The van der Waals surface area contributed by atoms with E-state index in [2.05, 4.69) is 15.9 Å². The van der Waals surface area contributed by atoms with Gasteiger partial charge in [0, 0.05) is 9.50 Å². The highest BCUT2D eigenvalue weighted by atomic mass is 79.9. The summed E-state index contributed by atoms with van der Waals surface area (Å²) in [6, 6.07) is 12.8. The lowest BCUT2D eigenvalue weighted by atomic mass is 10.2. The normalized spacial score (nSPS) is 10.3. The quantitative estimate of drug-likeness (QED) is 0.911. The van der Waals surface area contributed by atoms with Crippen LogP contribution in [0.4, 0.5) is 0 Å². The first-order valence-corrected chi connectivity index (χ1v) is 6.19. The van der Waals surface area contributed by atoms with E-state index in [9.17, 15) is 0 Å². The summed E-state index contributed by atoms with van der Waals surface area (Å²) >= 11 is 9.35. The van der Waals surface area contributed by atoms with Gasteiger partial charge in [-0.25, -0.2) is 0 Å². The Kier molecular flexibility index (Phi) is 4.05. The van der Waals surface area contributed by atoms with Crippen LogP contribution in [-0.4, -0.2) is 5.11 Å². The van der Waals surface area contributed by atoms with Gasteiger partial charge in [-0.15, -0.1) is 0 Å². The van der Waals surface area contributed by atoms with Crippen LogP contribution >= 0.6 is 27.5 Å². The molecular formula is C13H10BrClO2. The molecule has 0 heterocycles. The van der Waals surface area contributed by atoms with E-state index < -0.39 is 0 Å². The van der Waals surface area contributed by atoms with Crippen LogP contribution in [0.3, 0.4) is 0 Å². The number of hydrogen-bond donors (Lipinski definition) is 1. The van der Waals surface area contributed by atoms with Crippen LogP contribution in [0, 0.1) is 0 Å². The molecule has 0 radical (unpaired) electrons. The zero-order valence-electron chi connectivity index (χ0n) is 8.86. The number of hydrogen-bond acceptors (Lipinski definition) is 2. The number of halogens is 2. The van der Waals surface area contributed by atoms with Crippen LogP contribution in [-0.2, 0) is 6.61 Å². The average Bonchev–Trinajstić information content (AvgIpc) is 2.29. The fraction of sp³-hybridized carbons (Fsp3) is 0.0769. The lowest BCUT2D eigenvalue weighted by Gasteiger charge is -2.08. The molecule has 0 saturated carbocycles. The van der Waals surface area contributed by atoms with Gasteiger partial charge >= 0.3 is 0 Å². The molecule has 2 aromatic rings. The third-order valence-corrected chi connectivity index (χ3v) is 3.07. The molecule has 2 aromatic carbocycles. The third-order valence-electron chi connectivity index (χ3n) is 2.23. The van der Waals surface area contributed by atoms with E-state index in [-0.39, 0.29) is 6.61 Å². The highest BCUT2D eigenvalue weighted by molar-refractivity contribution is 9.10. The smallest absolute Gasteiger partial charge is 0.128 e. The summed E-state index contributed by atoms with van der Waals surface area (Å²) in [4.78, 5) is 0. The first-order chi connectivity index (χ1) is 8.19. The fourth-order valence-corrected chi connectivity index (χ4v) is 1.99. The second-order valence-electron chi connectivity index (χ2n) is 3.47. The summed E-state index contributed by atoms with van der Waals surface area (Å²) in [5, 5.41) is 9.50. The van der Waals surface area contributed by atoms with Crippen molar-refractivity contribution in [3.63, 3.8) is 0 Å². The van der Waals surface area contributed by atoms with E-state index in [1.807, 2.05) is 24.3 Å². The molecule has 0 saturated heterocycles. The molecular weight excluding hydrogens is 303 g/mol. The molecule has 1 N–H and O–H groups in total. The van der Waals surface area contributed by atoms with Gasteiger partial charge in [0.25, 0.3) is 0 Å². The van der Waals surface area contributed by atoms with Gasteiger partial charge in [0.2, 0.25) is 0 Å². The Balaban J connectivity index is 2.22. The van der Waals surface area contributed by atoms with Gasteiger partial charge in [0.05, 0.1) is 6.61 Å². The monoisotopic (exact) mass is 312 g/mol. The van der Waals surface area contributed by atoms with E-state index in [0.717, 1.165) is 10.2 Å². The molecule has 0 aliphatic heterocycles. The minimum absolute atomic E-state index is 0.0734. The number of aliphatic hydroxyl groups is 1. The largest absolute Gasteiger partial charge is 0.457 e. The van der Waals surface area contributed by atoms with Crippen molar-refractivity contribution in [2.24, 2.45) is 0 Å². The minimum atomic E-state index is -0.0734. The predicted molar refractivity (Wildman–Crippen MR) is 71.6 cm³/mol. The zero-order valence-corrected chi connectivity index (χ0v) is 11.2. The summed E-state index contributed by atoms with van der Waals surface area (Å²) in [5.74, 6) is 1.37. The van der Waals surface area contributed by atoms with Crippen LogP contribution in [0.15, 0.2) is 46.9 Å². The summed E-state index contributed by atoms with van der Waals surface area (Å²) in [5.41, 5.74) is 0.688. The van der Waals surface area contributed by atoms with Crippen LogP contribution in [0.2, 0.25) is 5.02 Å². The maximum Gasteiger partial charge on any atom is 0.128 e. The molecule has 0 spiro atoms. The first kappa shape index (κ1) is 12.4. The van der Waals surface area contributed by atoms with Gasteiger partial charge in [-0.2, -0.15) is 0 Å². The van der Waals surface area contributed by atoms with E-state index in [1.165, 1.54) is 0 Å². The van der Waals surface area contributed by atoms with E-state index in [0.29, 0.717) is 16.3 Å². The number of benzene rings is 2. The van der Waals surface area contributed by atoms with Crippen molar-refractivity contribution in [1.82, 2.24) is 0 Å². The zero-order chi connectivity index (χ0) is 12.3. The lowest BCUT2D eigenvalue weighted by Crippen LogP contribution is -1.88. The summed E-state index contributed by atoms with van der Waals surface area (Å²) in [7, 11) is 0. The predicted octanol–water partition coefficient (Wildman–Crippen LogP) is 4.39. The molecule has 0 amide bonds. The Bertz CT molecular complexity index is 529. The lowest BCUT2D eigenvalue weighted by molar-refractivity contribution is 0.282. The second kappa shape index (κ2) is 5.54. The fourth-order valence-electron chi connectivity index (χ4n) is 1.39. The Morgan fingerprint density at radius 1 is 1.12 bits per heavy atom. The maximum atomic E-state index is 9.00. The molecule has 4 heteroatoms. The molecule has 17 heavy (non-hydrogen) atoms. The highest BCUT2D eigenvalue weighted by Gasteiger charge is 2.03. The summed E-state index contributed by atoms with van der Waals surface area (Å²) < 4.78 is 6.60. The molecule has 2 rings (SSSR count). The minimum Gasteiger partial charge on any atom is -0.457 e. The molecule has 0 fully saturated rings. The van der Waals surface area contributed by atoms with Crippen molar-refractivity contribution >= 4 is 27.5 Å². The summed E-state index contributed by atoms with van der Waals surface area (Å²) in [6.07, 6.45) is 0. The standard InChI is InChI=1S/C13H10BrClO2/c14-10-2-1-3-11(6-10)17-12-5-4-9(8-16)13(15)7-12/h1-7,16H,8H2. The van der Waals surface area contributed by atoms with Gasteiger partial charge in [0.15, 0.2) is 0 Å². The van der Waals surface area contributed by atoms with Gasteiger partial charge in [-0.05, 0) is 35.9 Å². The SMILES string of the molecule is OCc1ccc(Oc2cccc(Br)c2)cc1Cl. The molecule has 0 aliphatic carbocycles. The van der Waals surface area contributed by atoms with Crippen LogP contribution in [0.25, 0.3) is 0 Å². The van der Waals surface area contributed by atoms with Crippen molar-refractivity contribution < 1.29 is 9.84 Å². The molecule has 0 aromatic heterocycles. The second-order valence-corrected chi connectivity index (χ2v) is 4.79. The average molecular weight is 314 g/mol. The maximum absolute atomic E-state index is 9.00. The Hall–Kier alpha value is -1.03. The molecule has 88 valence electrons. The Labute approximate surface area is 113 Å². The van der Waals surface area contributed by atoms with E-state index in [4.69, 9.17) is 21.4 Å². The van der Waals surface area contributed by atoms with Crippen molar-refractivity contribution in [3.05, 3.63) is 57.5 Å². The van der Waals surface area contributed by atoms with Crippen LogP contribution < -0.4 is 4.74 Å². The van der Waals surface area contributed by atoms with Gasteiger partial charge in [0.1, 0.15) is 11.5 Å². The van der Waals surface area contributed by atoms with Crippen molar-refractivity contribution in [2.45, 2.75) is 6.61 Å². The van der Waals surface area contributed by atoms with Crippen LogP contribution in [0.5, 0.6) is 11.5 Å². The van der Waals surface area contributed by atoms with Crippen molar-refractivity contribution in [2.75, 3.05) is 0 Å². The molecule has 0 bridgehead atoms. The van der Waals surface area contributed by atoms with Gasteiger partial charge in [-0.3, -0.25) is 0 Å². The van der Waals surface area contributed by atoms with Gasteiger partial charge in [-0.1, -0.05) is 39.7 Å². The van der Waals surface area contributed by atoms with E-state index in [1.54, 1.807) is 18.2 Å². The molecule has 0 aliphatic rings. The van der Waals surface area contributed by atoms with Crippen molar-refractivity contribution in [1.29, 1.82) is 0 Å².